The normalized spacial score (nSPS) is 20.3. The van der Waals surface area contributed by atoms with Gasteiger partial charge >= 0.3 is 0 Å². The van der Waals surface area contributed by atoms with Gasteiger partial charge in [-0.2, -0.15) is 0 Å². The molecule has 1 aliphatic heterocycles. The van der Waals surface area contributed by atoms with Gasteiger partial charge in [-0.1, -0.05) is 0 Å². The summed E-state index contributed by atoms with van der Waals surface area (Å²) in [7, 11) is 1.77. The van der Waals surface area contributed by atoms with E-state index >= 15 is 0 Å². The zero-order valence-corrected chi connectivity index (χ0v) is 9.17. The topological polar surface area (TPSA) is 21.7 Å². The molecule has 0 aromatic heterocycles. The van der Waals surface area contributed by atoms with E-state index in [-0.39, 0.29) is 5.60 Å². The van der Waals surface area contributed by atoms with Crippen LogP contribution in [0.25, 0.3) is 0 Å². The SMILES string of the molecule is COC1CN(CCOC(C)(C)C)C1. The molecule has 3 nitrogen and oxygen atoms in total. The fourth-order valence-electron chi connectivity index (χ4n) is 1.34. The van der Waals surface area contributed by atoms with Crippen molar-refractivity contribution in [3.8, 4) is 0 Å². The third kappa shape index (κ3) is 4.07. The molecular weight excluding hydrogens is 166 g/mol. The van der Waals surface area contributed by atoms with Crippen LogP contribution in [0.2, 0.25) is 0 Å². The lowest BCUT2D eigenvalue weighted by molar-refractivity contribution is -0.0606. The summed E-state index contributed by atoms with van der Waals surface area (Å²) in [6, 6.07) is 0. The van der Waals surface area contributed by atoms with Gasteiger partial charge in [0.15, 0.2) is 0 Å². The average molecular weight is 187 g/mol. The van der Waals surface area contributed by atoms with Crippen LogP contribution >= 0.6 is 0 Å². The summed E-state index contributed by atoms with van der Waals surface area (Å²) < 4.78 is 10.8. The van der Waals surface area contributed by atoms with Crippen molar-refractivity contribution >= 4 is 0 Å². The molecule has 0 amide bonds. The van der Waals surface area contributed by atoms with Crippen molar-refractivity contribution in [3.05, 3.63) is 0 Å². The Morgan fingerprint density at radius 2 is 1.92 bits per heavy atom. The second-order valence-electron chi connectivity index (χ2n) is 4.58. The molecule has 1 heterocycles. The summed E-state index contributed by atoms with van der Waals surface area (Å²) >= 11 is 0. The van der Waals surface area contributed by atoms with Gasteiger partial charge < -0.3 is 9.47 Å². The minimum Gasteiger partial charge on any atom is -0.379 e. The van der Waals surface area contributed by atoms with Crippen LogP contribution in [0.5, 0.6) is 0 Å². The quantitative estimate of drug-likeness (QED) is 0.658. The van der Waals surface area contributed by atoms with Gasteiger partial charge in [-0.05, 0) is 20.8 Å². The molecule has 0 unspecified atom stereocenters. The van der Waals surface area contributed by atoms with Crippen molar-refractivity contribution in [2.45, 2.75) is 32.5 Å². The summed E-state index contributed by atoms with van der Waals surface area (Å²) in [4.78, 5) is 2.35. The monoisotopic (exact) mass is 187 g/mol. The maximum Gasteiger partial charge on any atom is 0.0824 e. The summed E-state index contributed by atoms with van der Waals surface area (Å²) in [6.07, 6.45) is 0.453. The highest BCUT2D eigenvalue weighted by atomic mass is 16.5. The zero-order valence-electron chi connectivity index (χ0n) is 9.17. The molecule has 0 aliphatic carbocycles. The Hall–Kier alpha value is -0.120. The molecule has 1 aliphatic rings. The molecule has 0 saturated carbocycles. The molecule has 0 atom stereocenters. The van der Waals surface area contributed by atoms with Gasteiger partial charge in [-0.25, -0.2) is 0 Å². The van der Waals surface area contributed by atoms with E-state index in [0.717, 1.165) is 26.2 Å². The predicted molar refractivity (Wildman–Crippen MR) is 52.9 cm³/mol. The maximum absolute atomic E-state index is 5.62. The van der Waals surface area contributed by atoms with Crippen LogP contribution in [0.15, 0.2) is 0 Å². The van der Waals surface area contributed by atoms with Crippen molar-refractivity contribution in [1.29, 1.82) is 0 Å². The molecule has 0 bridgehead atoms. The predicted octanol–water partition coefficient (Wildman–Crippen LogP) is 1.13. The first-order valence-electron chi connectivity index (χ1n) is 4.90. The second-order valence-corrected chi connectivity index (χ2v) is 4.58. The fraction of sp³-hybridized carbons (Fsp3) is 1.00. The fourth-order valence-corrected chi connectivity index (χ4v) is 1.34. The second kappa shape index (κ2) is 4.40. The standard InChI is InChI=1S/C10H21NO2/c1-10(2,3)13-6-5-11-7-9(8-11)12-4/h9H,5-8H2,1-4H3. The summed E-state index contributed by atoms with van der Waals surface area (Å²) in [6.45, 7) is 10.2. The molecular formula is C10H21NO2. The third-order valence-corrected chi connectivity index (χ3v) is 2.20. The Balaban J connectivity index is 1.97. The highest BCUT2D eigenvalue weighted by Gasteiger charge is 2.25. The molecule has 3 heteroatoms. The largest absolute Gasteiger partial charge is 0.379 e. The van der Waals surface area contributed by atoms with Crippen LogP contribution in [0, 0.1) is 0 Å². The molecule has 0 radical (unpaired) electrons. The summed E-state index contributed by atoms with van der Waals surface area (Å²) in [5.41, 5.74) is -0.00841. The van der Waals surface area contributed by atoms with Gasteiger partial charge in [-0.3, -0.25) is 4.90 Å². The van der Waals surface area contributed by atoms with Crippen molar-refractivity contribution in [2.75, 3.05) is 33.4 Å². The Morgan fingerprint density at radius 3 is 2.38 bits per heavy atom. The number of ether oxygens (including phenoxy) is 2. The lowest BCUT2D eigenvalue weighted by Crippen LogP contribution is -2.52. The Morgan fingerprint density at radius 1 is 1.31 bits per heavy atom. The molecule has 0 aromatic carbocycles. The van der Waals surface area contributed by atoms with Crippen molar-refractivity contribution in [1.82, 2.24) is 4.90 Å². The summed E-state index contributed by atoms with van der Waals surface area (Å²) in [5, 5.41) is 0. The van der Waals surface area contributed by atoms with E-state index in [1.165, 1.54) is 0 Å². The van der Waals surface area contributed by atoms with Crippen molar-refractivity contribution in [3.63, 3.8) is 0 Å². The highest BCUT2D eigenvalue weighted by Crippen LogP contribution is 2.11. The van der Waals surface area contributed by atoms with Gasteiger partial charge in [0.25, 0.3) is 0 Å². The van der Waals surface area contributed by atoms with Gasteiger partial charge in [-0.15, -0.1) is 0 Å². The number of rotatable bonds is 4. The van der Waals surface area contributed by atoms with Gasteiger partial charge in [0.1, 0.15) is 0 Å². The van der Waals surface area contributed by atoms with E-state index < -0.39 is 0 Å². The van der Waals surface area contributed by atoms with E-state index in [1.807, 2.05) is 0 Å². The van der Waals surface area contributed by atoms with E-state index in [4.69, 9.17) is 9.47 Å². The van der Waals surface area contributed by atoms with Crippen LogP contribution < -0.4 is 0 Å². The van der Waals surface area contributed by atoms with Crippen LogP contribution in [-0.4, -0.2) is 50.0 Å². The first kappa shape index (κ1) is 11.0. The van der Waals surface area contributed by atoms with E-state index in [2.05, 4.69) is 25.7 Å². The average Bonchev–Trinajstić information content (AvgIpc) is 1.91. The third-order valence-electron chi connectivity index (χ3n) is 2.20. The van der Waals surface area contributed by atoms with E-state index in [1.54, 1.807) is 7.11 Å². The Labute approximate surface area is 81.0 Å². The highest BCUT2D eigenvalue weighted by molar-refractivity contribution is 4.79. The smallest absolute Gasteiger partial charge is 0.0824 e. The van der Waals surface area contributed by atoms with Crippen molar-refractivity contribution < 1.29 is 9.47 Å². The van der Waals surface area contributed by atoms with Crippen LogP contribution in [-0.2, 0) is 9.47 Å². The minimum absolute atomic E-state index is 0.00841. The number of nitrogens with zero attached hydrogens (tertiary/aromatic N) is 1. The number of hydrogen-bond donors (Lipinski definition) is 0. The number of likely N-dealkylation sites (tertiary alicyclic amines) is 1. The lowest BCUT2D eigenvalue weighted by Gasteiger charge is -2.38. The van der Waals surface area contributed by atoms with Crippen molar-refractivity contribution in [2.24, 2.45) is 0 Å². The van der Waals surface area contributed by atoms with Crippen LogP contribution in [0.1, 0.15) is 20.8 Å². The number of methoxy groups -OCH3 is 1. The van der Waals surface area contributed by atoms with Crippen LogP contribution in [0.3, 0.4) is 0 Å². The van der Waals surface area contributed by atoms with Gasteiger partial charge in [0.05, 0.1) is 18.3 Å². The summed E-state index contributed by atoms with van der Waals surface area (Å²) in [5.74, 6) is 0. The molecule has 0 aromatic rings. The Kier molecular flexibility index (Phi) is 3.71. The number of hydrogen-bond acceptors (Lipinski definition) is 3. The molecule has 1 saturated heterocycles. The maximum atomic E-state index is 5.62. The van der Waals surface area contributed by atoms with Gasteiger partial charge in [0, 0.05) is 26.7 Å². The molecule has 1 fully saturated rings. The van der Waals surface area contributed by atoms with E-state index in [9.17, 15) is 0 Å². The molecule has 0 N–H and O–H groups in total. The first-order chi connectivity index (χ1) is 6.01. The Bertz CT molecular complexity index is 147. The first-order valence-corrected chi connectivity index (χ1v) is 4.90. The molecule has 0 spiro atoms. The molecule has 78 valence electrons. The molecule has 13 heavy (non-hydrogen) atoms. The lowest BCUT2D eigenvalue weighted by atomic mass is 10.1. The van der Waals surface area contributed by atoms with Gasteiger partial charge in [0.2, 0.25) is 0 Å². The minimum atomic E-state index is -0.00841. The van der Waals surface area contributed by atoms with Crippen LogP contribution in [0.4, 0.5) is 0 Å². The van der Waals surface area contributed by atoms with E-state index in [0.29, 0.717) is 6.10 Å². The molecule has 1 rings (SSSR count). The zero-order chi connectivity index (χ0) is 9.90.